The Hall–Kier alpha value is -2.80. The number of aliphatic hydroxyl groups is 1. The Kier molecular flexibility index (Phi) is 6.82. The lowest BCUT2D eigenvalue weighted by Gasteiger charge is -2.17. The molecule has 4 nitrogen and oxygen atoms in total. The summed E-state index contributed by atoms with van der Waals surface area (Å²) in [5.74, 6) is 0.164. The summed E-state index contributed by atoms with van der Waals surface area (Å²) in [5, 5.41) is 12.0. The first-order valence-electron chi connectivity index (χ1n) is 9.80. The number of benzene rings is 2. The maximum absolute atomic E-state index is 12.5. The maximum Gasteiger partial charge on any atom is 0.391 e. The molecule has 1 fully saturated rings. The normalized spacial score (nSPS) is 14.7. The molecule has 1 aromatic heterocycles. The molecule has 1 heterocycles. The van der Waals surface area contributed by atoms with Gasteiger partial charge in [-0.1, -0.05) is 42.5 Å². The van der Waals surface area contributed by atoms with Crippen LogP contribution in [-0.4, -0.2) is 29.8 Å². The Balaban J connectivity index is 0.000000367. The van der Waals surface area contributed by atoms with Crippen LogP contribution in [-0.2, 0) is 0 Å². The summed E-state index contributed by atoms with van der Waals surface area (Å²) in [4.78, 5) is 12.4. The first-order valence-corrected chi connectivity index (χ1v) is 9.80. The molecule has 0 saturated heterocycles. The summed E-state index contributed by atoms with van der Waals surface area (Å²) in [6, 6.07) is 16.2. The minimum absolute atomic E-state index is 0.230. The molecule has 0 bridgehead atoms. The predicted octanol–water partition coefficient (Wildman–Crippen LogP) is 5.35. The fourth-order valence-electron chi connectivity index (χ4n) is 3.27. The SMILES string of the molecule is Cc1oc2ccc(C3CC3)cc2c1C(=O)NC(CO)CC(F)(F)F.c1ccccc1. The van der Waals surface area contributed by atoms with Crippen LogP contribution < -0.4 is 5.32 Å². The third kappa shape index (κ3) is 5.86. The zero-order chi connectivity index (χ0) is 21.7. The van der Waals surface area contributed by atoms with Crippen LogP contribution in [0, 0.1) is 6.92 Å². The molecule has 1 saturated carbocycles. The van der Waals surface area contributed by atoms with E-state index in [1.54, 1.807) is 13.0 Å². The van der Waals surface area contributed by atoms with Gasteiger partial charge in [0, 0.05) is 5.39 Å². The van der Waals surface area contributed by atoms with Gasteiger partial charge in [0.25, 0.3) is 5.91 Å². The van der Waals surface area contributed by atoms with E-state index >= 15 is 0 Å². The van der Waals surface area contributed by atoms with Crippen molar-refractivity contribution in [2.75, 3.05) is 6.61 Å². The standard InChI is InChI=1S/C17H18F3NO3.C6H6/c1-9-15(16(23)21-12(8-22)7-17(18,19)20)13-6-11(10-2-3-10)4-5-14(13)24-9;1-2-4-6-5-3-1/h4-6,10,12,22H,2-3,7-8H2,1H3,(H,21,23);1-6H. The van der Waals surface area contributed by atoms with Crippen molar-refractivity contribution in [3.63, 3.8) is 0 Å². The minimum Gasteiger partial charge on any atom is -0.461 e. The number of alkyl halides is 3. The van der Waals surface area contributed by atoms with Gasteiger partial charge >= 0.3 is 6.18 Å². The van der Waals surface area contributed by atoms with E-state index in [-0.39, 0.29) is 5.56 Å². The highest BCUT2D eigenvalue weighted by Gasteiger charge is 2.33. The number of hydrogen-bond donors (Lipinski definition) is 2. The highest BCUT2D eigenvalue weighted by Crippen LogP contribution is 2.41. The highest BCUT2D eigenvalue weighted by molar-refractivity contribution is 6.07. The monoisotopic (exact) mass is 419 g/mol. The first-order chi connectivity index (χ1) is 14.3. The second-order valence-electron chi connectivity index (χ2n) is 7.39. The van der Waals surface area contributed by atoms with Crippen LogP contribution in [0.2, 0.25) is 0 Å². The molecule has 0 spiro atoms. The van der Waals surface area contributed by atoms with Crippen LogP contribution in [0.4, 0.5) is 13.2 Å². The Morgan fingerprint density at radius 2 is 1.77 bits per heavy atom. The fraction of sp³-hybridized carbons (Fsp3) is 0.348. The largest absolute Gasteiger partial charge is 0.461 e. The van der Waals surface area contributed by atoms with Crippen molar-refractivity contribution in [2.45, 2.75) is 44.3 Å². The van der Waals surface area contributed by atoms with Crippen molar-refractivity contribution in [2.24, 2.45) is 0 Å². The number of fused-ring (bicyclic) bond motifs is 1. The average molecular weight is 419 g/mol. The number of rotatable bonds is 5. The zero-order valence-electron chi connectivity index (χ0n) is 16.6. The highest BCUT2D eigenvalue weighted by atomic mass is 19.4. The van der Waals surface area contributed by atoms with Gasteiger partial charge in [-0.15, -0.1) is 0 Å². The molecule has 1 unspecified atom stereocenters. The van der Waals surface area contributed by atoms with Crippen molar-refractivity contribution in [3.8, 4) is 0 Å². The molecule has 160 valence electrons. The number of amides is 1. The molecular weight excluding hydrogens is 395 g/mol. The molecule has 0 radical (unpaired) electrons. The van der Waals surface area contributed by atoms with E-state index in [9.17, 15) is 18.0 Å². The third-order valence-corrected chi connectivity index (χ3v) is 4.86. The molecule has 4 rings (SSSR count). The van der Waals surface area contributed by atoms with Crippen LogP contribution in [0.1, 0.15) is 46.9 Å². The van der Waals surface area contributed by atoms with Gasteiger partial charge in [0.05, 0.1) is 24.6 Å². The maximum atomic E-state index is 12.5. The Morgan fingerprint density at radius 1 is 1.17 bits per heavy atom. The molecule has 0 aliphatic heterocycles. The molecule has 7 heteroatoms. The van der Waals surface area contributed by atoms with E-state index in [1.807, 2.05) is 48.5 Å². The Bertz CT molecular complexity index is 952. The van der Waals surface area contributed by atoms with Crippen LogP contribution in [0.5, 0.6) is 0 Å². The molecule has 2 aromatic carbocycles. The number of carbonyl (C=O) groups is 1. The van der Waals surface area contributed by atoms with Gasteiger partial charge in [-0.25, -0.2) is 0 Å². The average Bonchev–Trinajstić information content (AvgIpc) is 3.50. The number of furan rings is 1. The predicted molar refractivity (Wildman–Crippen MR) is 108 cm³/mol. The summed E-state index contributed by atoms with van der Waals surface area (Å²) >= 11 is 0. The van der Waals surface area contributed by atoms with Gasteiger partial charge in [-0.2, -0.15) is 13.2 Å². The van der Waals surface area contributed by atoms with E-state index in [4.69, 9.17) is 9.52 Å². The van der Waals surface area contributed by atoms with Crippen molar-refractivity contribution < 1.29 is 27.5 Å². The van der Waals surface area contributed by atoms with Gasteiger partial charge in [0.15, 0.2) is 0 Å². The Labute approximate surface area is 172 Å². The van der Waals surface area contributed by atoms with Gasteiger partial charge in [-0.3, -0.25) is 4.79 Å². The summed E-state index contributed by atoms with van der Waals surface area (Å²) in [6.07, 6.45) is -3.55. The molecule has 30 heavy (non-hydrogen) atoms. The van der Waals surface area contributed by atoms with Crippen LogP contribution in [0.15, 0.2) is 59.0 Å². The topological polar surface area (TPSA) is 62.5 Å². The third-order valence-electron chi connectivity index (χ3n) is 4.86. The van der Waals surface area contributed by atoms with E-state index < -0.39 is 31.2 Å². The van der Waals surface area contributed by atoms with Gasteiger partial charge < -0.3 is 14.8 Å². The summed E-state index contributed by atoms with van der Waals surface area (Å²) in [6.45, 7) is 0.816. The zero-order valence-corrected chi connectivity index (χ0v) is 16.6. The first kappa shape index (κ1) is 21.9. The lowest BCUT2D eigenvalue weighted by molar-refractivity contribution is -0.141. The summed E-state index contributed by atoms with van der Waals surface area (Å²) < 4.78 is 43.0. The van der Waals surface area contributed by atoms with E-state index in [0.717, 1.165) is 18.4 Å². The minimum atomic E-state index is -4.46. The Morgan fingerprint density at radius 3 is 2.27 bits per heavy atom. The lowest BCUT2D eigenvalue weighted by Crippen LogP contribution is -2.40. The smallest absolute Gasteiger partial charge is 0.391 e. The number of hydrogen-bond acceptors (Lipinski definition) is 3. The van der Waals surface area contributed by atoms with Crippen molar-refractivity contribution in [1.29, 1.82) is 0 Å². The molecule has 1 atom stereocenters. The molecular formula is C23H24F3NO3. The van der Waals surface area contributed by atoms with E-state index in [0.29, 0.717) is 22.6 Å². The van der Waals surface area contributed by atoms with Crippen LogP contribution in [0.25, 0.3) is 11.0 Å². The van der Waals surface area contributed by atoms with Gasteiger partial charge in [-0.05, 0) is 43.4 Å². The number of nitrogens with one attached hydrogen (secondary N) is 1. The number of carbonyl (C=O) groups excluding carboxylic acids is 1. The van der Waals surface area contributed by atoms with E-state index in [2.05, 4.69) is 5.32 Å². The van der Waals surface area contributed by atoms with E-state index in [1.165, 1.54) is 0 Å². The van der Waals surface area contributed by atoms with Gasteiger partial charge in [0.2, 0.25) is 0 Å². The van der Waals surface area contributed by atoms with Crippen molar-refractivity contribution in [1.82, 2.24) is 5.32 Å². The van der Waals surface area contributed by atoms with Crippen molar-refractivity contribution >= 4 is 16.9 Å². The molecule has 1 aliphatic carbocycles. The fourth-order valence-corrected chi connectivity index (χ4v) is 3.27. The summed E-state index contributed by atoms with van der Waals surface area (Å²) in [7, 11) is 0. The van der Waals surface area contributed by atoms with Crippen molar-refractivity contribution in [3.05, 3.63) is 71.5 Å². The van der Waals surface area contributed by atoms with Crippen LogP contribution in [0.3, 0.4) is 0 Å². The second kappa shape index (κ2) is 9.34. The van der Waals surface area contributed by atoms with Crippen LogP contribution >= 0.6 is 0 Å². The second-order valence-corrected chi connectivity index (χ2v) is 7.39. The molecule has 2 N–H and O–H groups in total. The molecule has 1 amide bonds. The van der Waals surface area contributed by atoms with Gasteiger partial charge in [0.1, 0.15) is 11.3 Å². The number of aryl methyl sites for hydroxylation is 1. The quantitative estimate of drug-likeness (QED) is 0.586. The number of halogens is 3. The molecule has 1 aliphatic rings. The molecule has 3 aromatic rings. The number of aliphatic hydroxyl groups excluding tert-OH is 1. The summed E-state index contributed by atoms with van der Waals surface area (Å²) in [5.41, 5.74) is 1.86. The lowest BCUT2D eigenvalue weighted by atomic mass is 10.0.